The molecule has 78 valence electrons. The van der Waals surface area contributed by atoms with Crippen LogP contribution in [-0.4, -0.2) is 31.6 Å². The number of ketones is 1. The van der Waals surface area contributed by atoms with Gasteiger partial charge in [0.15, 0.2) is 6.29 Å². The van der Waals surface area contributed by atoms with Gasteiger partial charge in [-0.05, 0) is 13.8 Å². The Hall–Kier alpha value is 0.260. The van der Waals surface area contributed by atoms with E-state index in [9.17, 15) is 9.59 Å². The van der Waals surface area contributed by atoms with Crippen LogP contribution in [0.2, 0.25) is 0 Å². The molecule has 0 fully saturated rings. The van der Waals surface area contributed by atoms with E-state index in [1.165, 1.54) is 0 Å². The molecule has 5 heteroatoms. The molecule has 0 saturated heterocycles. The zero-order valence-corrected chi connectivity index (χ0v) is 11.1. The van der Waals surface area contributed by atoms with Crippen molar-refractivity contribution < 1.29 is 50.0 Å². The first-order chi connectivity index (χ1) is 6.24. The van der Waals surface area contributed by atoms with E-state index < -0.39 is 6.29 Å². The van der Waals surface area contributed by atoms with Gasteiger partial charge in [0, 0.05) is 13.2 Å². The molecule has 0 rings (SSSR count). The van der Waals surface area contributed by atoms with Crippen LogP contribution in [0.3, 0.4) is 0 Å². The van der Waals surface area contributed by atoms with Crippen molar-refractivity contribution in [1.82, 2.24) is 0 Å². The molecule has 0 aliphatic carbocycles. The third-order valence-electron chi connectivity index (χ3n) is 1.41. The molecule has 0 aliphatic heterocycles. The Morgan fingerprint density at radius 2 is 1.86 bits per heavy atom. The number of Topliss-reactive ketones (excluding diaryl/α,β-unsaturated/α-hetero) is 1. The molecule has 0 spiro atoms. The number of carbonyl (C=O) groups excluding carboxylic acids is 2. The van der Waals surface area contributed by atoms with Crippen LogP contribution < -0.4 is 29.6 Å². The molecule has 0 saturated carbocycles. The first kappa shape index (κ1) is 16.7. The Balaban J connectivity index is -0.000000720. The van der Waals surface area contributed by atoms with Crippen molar-refractivity contribution in [3.8, 4) is 0 Å². The fourth-order valence-electron chi connectivity index (χ4n) is 0.900. The molecule has 0 aromatic heterocycles. The van der Waals surface area contributed by atoms with Crippen LogP contribution in [0, 0.1) is 0 Å². The minimum Gasteiger partial charge on any atom is -1.00 e. The zero-order chi connectivity index (χ0) is 10.1. The summed E-state index contributed by atoms with van der Waals surface area (Å²) in [5, 5.41) is 0. The van der Waals surface area contributed by atoms with E-state index in [1.807, 2.05) is 13.8 Å². The molecule has 14 heavy (non-hydrogen) atoms. The molecule has 0 radical (unpaired) electrons. The molecule has 0 N–H and O–H groups in total. The van der Waals surface area contributed by atoms with Gasteiger partial charge in [0.05, 0.1) is 12.8 Å². The second-order valence-electron chi connectivity index (χ2n) is 2.45. The maximum atomic E-state index is 11.0. The number of carbonyl (C=O) groups is 2. The van der Waals surface area contributed by atoms with Crippen LogP contribution in [0.5, 0.6) is 0 Å². The maximum Gasteiger partial charge on any atom is 1.00 e. The summed E-state index contributed by atoms with van der Waals surface area (Å²) in [6.45, 7) is 4.66. The SMILES string of the molecule is CCOC(CC(=O)CC=O)OCC.[H-].[Na+]. The summed E-state index contributed by atoms with van der Waals surface area (Å²) >= 11 is 0. The average Bonchev–Trinajstić information content (AvgIpc) is 2.05. The Morgan fingerprint density at radius 1 is 1.36 bits per heavy atom. The Kier molecular flexibility index (Phi) is 13.5. The summed E-state index contributed by atoms with van der Waals surface area (Å²) < 4.78 is 10.3. The molecular weight excluding hydrogens is 195 g/mol. The molecule has 0 aromatic rings. The summed E-state index contributed by atoms with van der Waals surface area (Å²) in [5.41, 5.74) is 0. The van der Waals surface area contributed by atoms with Crippen LogP contribution in [-0.2, 0) is 19.1 Å². The van der Waals surface area contributed by atoms with Gasteiger partial charge in [-0.1, -0.05) is 0 Å². The third kappa shape index (κ3) is 8.84. The zero-order valence-electron chi connectivity index (χ0n) is 10.1. The van der Waals surface area contributed by atoms with E-state index in [4.69, 9.17) is 9.47 Å². The van der Waals surface area contributed by atoms with Crippen molar-refractivity contribution in [2.45, 2.75) is 33.0 Å². The van der Waals surface area contributed by atoms with Crippen molar-refractivity contribution in [2.75, 3.05) is 13.2 Å². The number of hydrogen-bond acceptors (Lipinski definition) is 4. The minimum atomic E-state index is -0.498. The van der Waals surface area contributed by atoms with Gasteiger partial charge in [-0.15, -0.1) is 0 Å². The molecular formula is C9H17NaO4. The van der Waals surface area contributed by atoms with Crippen molar-refractivity contribution in [3.63, 3.8) is 0 Å². The van der Waals surface area contributed by atoms with Crippen LogP contribution in [0.15, 0.2) is 0 Å². The summed E-state index contributed by atoms with van der Waals surface area (Å²) in [4.78, 5) is 21.0. The number of ether oxygens (including phenoxy) is 2. The van der Waals surface area contributed by atoms with E-state index in [2.05, 4.69) is 0 Å². The van der Waals surface area contributed by atoms with Crippen LogP contribution in [0.4, 0.5) is 0 Å². The Morgan fingerprint density at radius 3 is 2.21 bits per heavy atom. The predicted molar refractivity (Wildman–Crippen MR) is 48.5 cm³/mol. The third-order valence-corrected chi connectivity index (χ3v) is 1.41. The molecule has 4 nitrogen and oxygen atoms in total. The normalized spacial score (nSPS) is 9.64. The van der Waals surface area contributed by atoms with Gasteiger partial charge < -0.3 is 15.7 Å². The number of rotatable bonds is 8. The van der Waals surface area contributed by atoms with E-state index in [0.29, 0.717) is 19.5 Å². The van der Waals surface area contributed by atoms with Crippen molar-refractivity contribution >= 4 is 12.1 Å². The standard InChI is InChI=1S/C9H16O4.Na.H/c1-3-12-9(13-4-2)7-8(11)5-6-10;;/h6,9H,3-5,7H2,1-2H3;;/q;+1;-1. The Labute approximate surface area is 108 Å². The first-order valence-electron chi connectivity index (χ1n) is 4.43. The molecule has 0 aromatic carbocycles. The van der Waals surface area contributed by atoms with Crippen molar-refractivity contribution in [1.29, 1.82) is 0 Å². The van der Waals surface area contributed by atoms with Crippen LogP contribution >= 0.6 is 0 Å². The topological polar surface area (TPSA) is 52.6 Å². The fourth-order valence-corrected chi connectivity index (χ4v) is 0.900. The first-order valence-corrected chi connectivity index (χ1v) is 4.43. The van der Waals surface area contributed by atoms with Gasteiger partial charge in [-0.25, -0.2) is 0 Å². The average molecular weight is 212 g/mol. The summed E-state index contributed by atoms with van der Waals surface area (Å²) in [6.07, 6.45) is 0.191. The predicted octanol–water partition coefficient (Wildman–Crippen LogP) is -1.95. The van der Waals surface area contributed by atoms with Crippen LogP contribution in [0.25, 0.3) is 0 Å². The summed E-state index contributed by atoms with van der Waals surface area (Å²) in [5.74, 6) is -0.151. The number of hydrogen-bond donors (Lipinski definition) is 0. The van der Waals surface area contributed by atoms with Gasteiger partial charge in [-0.3, -0.25) is 4.79 Å². The van der Waals surface area contributed by atoms with Gasteiger partial charge in [0.1, 0.15) is 12.1 Å². The number of aldehydes is 1. The summed E-state index contributed by atoms with van der Waals surface area (Å²) in [7, 11) is 0. The fraction of sp³-hybridized carbons (Fsp3) is 0.778. The molecule has 0 heterocycles. The van der Waals surface area contributed by atoms with Gasteiger partial charge >= 0.3 is 29.6 Å². The van der Waals surface area contributed by atoms with E-state index >= 15 is 0 Å². The smallest absolute Gasteiger partial charge is 1.00 e. The van der Waals surface area contributed by atoms with Crippen molar-refractivity contribution in [2.24, 2.45) is 0 Å². The molecule has 0 unspecified atom stereocenters. The molecule has 0 bridgehead atoms. The molecule has 0 aliphatic rings. The maximum absolute atomic E-state index is 11.0. The van der Waals surface area contributed by atoms with Crippen LogP contribution in [0.1, 0.15) is 28.1 Å². The van der Waals surface area contributed by atoms with Gasteiger partial charge in [0.2, 0.25) is 0 Å². The molecule has 0 atom stereocenters. The summed E-state index contributed by atoms with van der Waals surface area (Å²) in [6, 6.07) is 0. The quantitative estimate of drug-likeness (QED) is 0.203. The van der Waals surface area contributed by atoms with Crippen molar-refractivity contribution in [3.05, 3.63) is 0 Å². The monoisotopic (exact) mass is 212 g/mol. The minimum absolute atomic E-state index is 0. The second-order valence-corrected chi connectivity index (χ2v) is 2.45. The van der Waals surface area contributed by atoms with Gasteiger partial charge in [0.25, 0.3) is 0 Å². The van der Waals surface area contributed by atoms with E-state index in [-0.39, 0.29) is 49.6 Å². The van der Waals surface area contributed by atoms with E-state index in [1.54, 1.807) is 0 Å². The molecule has 0 amide bonds. The van der Waals surface area contributed by atoms with E-state index in [0.717, 1.165) is 0 Å². The largest absolute Gasteiger partial charge is 1.00 e. The van der Waals surface area contributed by atoms with Gasteiger partial charge in [-0.2, -0.15) is 0 Å². The second kappa shape index (κ2) is 11.3. The Bertz CT molecular complexity index is 160.